The minimum absolute atomic E-state index is 0.0394. The normalized spacial score (nSPS) is 18.0. The highest BCUT2D eigenvalue weighted by atomic mass is 16.3. The van der Waals surface area contributed by atoms with Crippen molar-refractivity contribution in [3.8, 4) is 0 Å². The number of fused-ring (bicyclic) bond motifs is 1. The van der Waals surface area contributed by atoms with Crippen LogP contribution in [0.2, 0.25) is 0 Å². The number of hydrogen-bond donors (Lipinski definition) is 4. The molecule has 1 aromatic carbocycles. The van der Waals surface area contributed by atoms with Gasteiger partial charge in [-0.1, -0.05) is 18.2 Å². The molecule has 1 aliphatic rings. The molecule has 0 aliphatic carbocycles. The van der Waals surface area contributed by atoms with Crippen molar-refractivity contribution in [2.75, 3.05) is 0 Å². The van der Waals surface area contributed by atoms with Gasteiger partial charge in [0.1, 0.15) is 17.5 Å². The van der Waals surface area contributed by atoms with Crippen LogP contribution in [0.5, 0.6) is 0 Å². The molecule has 1 aromatic heterocycles. The maximum Gasteiger partial charge on any atom is 0.144 e. The van der Waals surface area contributed by atoms with Crippen molar-refractivity contribution in [1.82, 2.24) is 21.9 Å². The third-order valence-corrected chi connectivity index (χ3v) is 2.22. The lowest BCUT2D eigenvalue weighted by Gasteiger charge is -2.02. The fourth-order valence-electron chi connectivity index (χ4n) is 1.54. The van der Waals surface area contributed by atoms with Gasteiger partial charge in [-0.25, -0.2) is 10.9 Å². The number of hydrazine groups is 3. The van der Waals surface area contributed by atoms with Crippen LogP contribution in [-0.2, 0) is 0 Å². The molecule has 2 aromatic rings. The fourth-order valence-corrected chi connectivity index (χ4v) is 1.54. The number of furan rings is 1. The molecule has 1 aliphatic heterocycles. The van der Waals surface area contributed by atoms with E-state index in [9.17, 15) is 0 Å². The maximum absolute atomic E-state index is 5.65. The Labute approximate surface area is 80.4 Å². The molecule has 72 valence electrons. The Morgan fingerprint density at radius 1 is 1.07 bits per heavy atom. The molecule has 3 rings (SSSR count). The first-order valence-electron chi connectivity index (χ1n) is 4.43. The monoisotopic (exact) mass is 190 g/mol. The molecule has 0 bridgehead atoms. The van der Waals surface area contributed by atoms with Crippen LogP contribution in [0.3, 0.4) is 0 Å². The van der Waals surface area contributed by atoms with E-state index in [1.165, 1.54) is 0 Å². The maximum atomic E-state index is 5.65. The summed E-state index contributed by atoms with van der Waals surface area (Å²) >= 11 is 0. The predicted molar refractivity (Wildman–Crippen MR) is 51.5 cm³/mol. The summed E-state index contributed by atoms with van der Waals surface area (Å²) in [5.41, 5.74) is 12.3. The second-order valence-electron chi connectivity index (χ2n) is 3.16. The summed E-state index contributed by atoms with van der Waals surface area (Å²) in [4.78, 5) is 0. The van der Waals surface area contributed by atoms with Crippen molar-refractivity contribution in [3.63, 3.8) is 0 Å². The van der Waals surface area contributed by atoms with Crippen molar-refractivity contribution in [2.24, 2.45) is 0 Å². The van der Waals surface area contributed by atoms with E-state index >= 15 is 0 Å². The summed E-state index contributed by atoms with van der Waals surface area (Å²) in [6.07, 6.45) is -0.0394. The van der Waals surface area contributed by atoms with Crippen molar-refractivity contribution >= 4 is 11.0 Å². The molecule has 5 nitrogen and oxygen atoms in total. The van der Waals surface area contributed by atoms with Gasteiger partial charge in [0, 0.05) is 5.39 Å². The first-order chi connectivity index (χ1) is 6.93. The van der Waals surface area contributed by atoms with E-state index in [0.717, 1.165) is 16.7 Å². The van der Waals surface area contributed by atoms with Gasteiger partial charge in [-0.2, -0.15) is 11.1 Å². The molecule has 1 saturated heterocycles. The largest absolute Gasteiger partial charge is 0.458 e. The Bertz CT molecular complexity index is 414. The van der Waals surface area contributed by atoms with Crippen molar-refractivity contribution in [2.45, 2.75) is 6.17 Å². The molecule has 4 N–H and O–H groups in total. The van der Waals surface area contributed by atoms with Crippen molar-refractivity contribution in [3.05, 3.63) is 36.1 Å². The van der Waals surface area contributed by atoms with Crippen LogP contribution in [0.4, 0.5) is 0 Å². The lowest BCUT2D eigenvalue weighted by Crippen LogP contribution is -2.33. The van der Waals surface area contributed by atoms with Gasteiger partial charge in [0.2, 0.25) is 0 Å². The summed E-state index contributed by atoms with van der Waals surface area (Å²) in [5, 5.41) is 1.11. The van der Waals surface area contributed by atoms with Gasteiger partial charge < -0.3 is 4.42 Å². The summed E-state index contributed by atoms with van der Waals surface area (Å²) in [7, 11) is 0. The van der Waals surface area contributed by atoms with Gasteiger partial charge in [-0.3, -0.25) is 0 Å². The molecule has 14 heavy (non-hydrogen) atoms. The van der Waals surface area contributed by atoms with Crippen LogP contribution < -0.4 is 21.9 Å². The van der Waals surface area contributed by atoms with E-state index in [-0.39, 0.29) is 6.17 Å². The molecule has 0 atom stereocenters. The fraction of sp³-hybridized carbons (Fsp3) is 0.111. The Morgan fingerprint density at radius 3 is 2.64 bits per heavy atom. The first-order valence-corrected chi connectivity index (χ1v) is 4.43. The van der Waals surface area contributed by atoms with E-state index < -0.39 is 0 Å². The van der Waals surface area contributed by atoms with E-state index in [4.69, 9.17) is 4.42 Å². The molecule has 0 unspecified atom stereocenters. The highest BCUT2D eigenvalue weighted by molar-refractivity contribution is 5.77. The highest BCUT2D eigenvalue weighted by Crippen LogP contribution is 2.22. The van der Waals surface area contributed by atoms with Crippen molar-refractivity contribution < 1.29 is 4.42 Å². The number of benzene rings is 1. The topological polar surface area (TPSA) is 61.3 Å². The molecule has 0 spiro atoms. The van der Waals surface area contributed by atoms with Crippen LogP contribution in [0.25, 0.3) is 11.0 Å². The van der Waals surface area contributed by atoms with E-state index in [1.807, 2.05) is 30.3 Å². The summed E-state index contributed by atoms with van der Waals surface area (Å²) in [6.45, 7) is 0. The zero-order chi connectivity index (χ0) is 9.38. The van der Waals surface area contributed by atoms with Crippen LogP contribution >= 0.6 is 0 Å². The van der Waals surface area contributed by atoms with Crippen LogP contribution in [0.15, 0.2) is 34.7 Å². The summed E-state index contributed by atoms with van der Waals surface area (Å²) in [6, 6.07) is 9.94. The zero-order valence-corrected chi connectivity index (χ0v) is 7.37. The van der Waals surface area contributed by atoms with Gasteiger partial charge >= 0.3 is 0 Å². The molecule has 0 saturated carbocycles. The Hall–Kier alpha value is -1.40. The molecule has 5 heteroatoms. The highest BCUT2D eigenvalue weighted by Gasteiger charge is 2.18. The number of nitrogens with one attached hydrogen (secondary N) is 4. The molecule has 0 radical (unpaired) electrons. The van der Waals surface area contributed by atoms with E-state index in [2.05, 4.69) is 21.9 Å². The lowest BCUT2D eigenvalue weighted by molar-refractivity contribution is 0.431. The van der Waals surface area contributed by atoms with Gasteiger partial charge in [0.25, 0.3) is 0 Å². The molecule has 2 heterocycles. The minimum atomic E-state index is -0.0394. The van der Waals surface area contributed by atoms with E-state index in [0.29, 0.717) is 0 Å². The molecular weight excluding hydrogens is 180 g/mol. The van der Waals surface area contributed by atoms with E-state index in [1.54, 1.807) is 0 Å². The van der Waals surface area contributed by atoms with Gasteiger partial charge in [-0.15, -0.1) is 0 Å². The molecule has 0 amide bonds. The Morgan fingerprint density at radius 2 is 1.86 bits per heavy atom. The number of hydrogen-bond acceptors (Lipinski definition) is 5. The second-order valence-corrected chi connectivity index (χ2v) is 3.16. The Balaban J connectivity index is 2.05. The summed E-state index contributed by atoms with van der Waals surface area (Å²) in [5.74, 6) is 0.851. The third kappa shape index (κ3) is 1.19. The average Bonchev–Trinajstić information content (AvgIpc) is 2.86. The van der Waals surface area contributed by atoms with Gasteiger partial charge in [0.15, 0.2) is 0 Å². The quantitative estimate of drug-likeness (QED) is 0.529. The number of para-hydroxylation sites is 1. The molecular formula is C9H10N4O. The average molecular weight is 190 g/mol. The second kappa shape index (κ2) is 3.07. The SMILES string of the molecule is c1ccc2oc(C3NNNN3)cc2c1. The zero-order valence-electron chi connectivity index (χ0n) is 7.37. The third-order valence-electron chi connectivity index (χ3n) is 2.22. The summed E-state index contributed by atoms with van der Waals surface area (Å²) < 4.78 is 5.65. The first kappa shape index (κ1) is 7.95. The van der Waals surface area contributed by atoms with Crippen LogP contribution in [0.1, 0.15) is 11.9 Å². The standard InChI is InChI=1S/C9H10N4O/c1-2-4-7-6(3-1)5-8(14-7)9-10-12-13-11-9/h1-5,9-13H. The van der Waals surface area contributed by atoms with Gasteiger partial charge in [-0.05, 0) is 12.1 Å². The van der Waals surface area contributed by atoms with Crippen molar-refractivity contribution in [1.29, 1.82) is 0 Å². The lowest BCUT2D eigenvalue weighted by atomic mass is 10.2. The van der Waals surface area contributed by atoms with Crippen LogP contribution in [0, 0.1) is 0 Å². The smallest absolute Gasteiger partial charge is 0.144 e. The van der Waals surface area contributed by atoms with Gasteiger partial charge in [0.05, 0.1) is 0 Å². The number of rotatable bonds is 1. The predicted octanol–water partition coefficient (Wildman–Crippen LogP) is 0.548. The minimum Gasteiger partial charge on any atom is -0.458 e. The molecule has 1 fully saturated rings. The van der Waals surface area contributed by atoms with Crippen LogP contribution in [-0.4, -0.2) is 0 Å². The Kier molecular flexibility index (Phi) is 1.74.